The third kappa shape index (κ3) is 3.95. The van der Waals surface area contributed by atoms with E-state index in [0.717, 1.165) is 51.8 Å². The molecule has 0 unspecified atom stereocenters. The van der Waals surface area contributed by atoms with E-state index >= 15 is 4.39 Å². The number of fused-ring (bicyclic) bond motifs is 5. The van der Waals surface area contributed by atoms with Crippen LogP contribution in [0.5, 0.6) is 11.5 Å². The van der Waals surface area contributed by atoms with E-state index in [-0.39, 0.29) is 16.6 Å². The molecule has 5 aromatic rings. The smallest absolute Gasteiger partial charge is 0.228 e. The minimum Gasteiger partial charge on any atom is -0.455 e. The fraction of sp³-hybridized carbons (Fsp3) is 0.343. The molecule has 0 bridgehead atoms. The zero-order valence-electron chi connectivity index (χ0n) is 23.8. The molecular formula is C35H37FNO+. The zero-order chi connectivity index (χ0) is 27.1. The monoisotopic (exact) mass is 506 g/mol. The highest BCUT2D eigenvalue weighted by molar-refractivity contribution is 6.16. The number of ether oxygens (including phenoxy) is 1. The van der Waals surface area contributed by atoms with Crippen LogP contribution in [0.2, 0.25) is 0 Å². The summed E-state index contributed by atoms with van der Waals surface area (Å²) < 4.78 is 24.2. The first-order valence-corrected chi connectivity index (χ1v) is 13.6. The lowest BCUT2D eigenvalue weighted by atomic mass is 9.80. The highest BCUT2D eigenvalue weighted by Gasteiger charge is 2.34. The number of aryl methyl sites for hydroxylation is 2. The van der Waals surface area contributed by atoms with Crippen molar-refractivity contribution >= 4 is 32.3 Å². The Labute approximate surface area is 225 Å². The van der Waals surface area contributed by atoms with Crippen molar-refractivity contribution in [2.45, 2.75) is 61.3 Å². The van der Waals surface area contributed by atoms with Crippen LogP contribution in [0.3, 0.4) is 0 Å². The van der Waals surface area contributed by atoms with Crippen LogP contribution in [0.25, 0.3) is 43.6 Å². The maximum absolute atomic E-state index is 15.2. The van der Waals surface area contributed by atoms with E-state index in [1.54, 1.807) is 12.1 Å². The summed E-state index contributed by atoms with van der Waals surface area (Å²) in [5, 5.41) is 5.93. The third-order valence-electron chi connectivity index (χ3n) is 7.75. The van der Waals surface area contributed by atoms with Crippen molar-refractivity contribution in [1.29, 1.82) is 0 Å². The van der Waals surface area contributed by atoms with Crippen molar-refractivity contribution in [3.05, 3.63) is 77.2 Å². The Morgan fingerprint density at radius 1 is 0.816 bits per heavy atom. The molecule has 1 aromatic heterocycles. The van der Waals surface area contributed by atoms with Crippen LogP contribution in [0.1, 0.15) is 58.2 Å². The van der Waals surface area contributed by atoms with Gasteiger partial charge in [-0.15, -0.1) is 0 Å². The summed E-state index contributed by atoms with van der Waals surface area (Å²) in [6.07, 6.45) is 3.97. The average molecular weight is 507 g/mol. The van der Waals surface area contributed by atoms with Gasteiger partial charge in [0.25, 0.3) is 0 Å². The molecule has 38 heavy (non-hydrogen) atoms. The maximum atomic E-state index is 15.2. The summed E-state index contributed by atoms with van der Waals surface area (Å²) in [6.45, 7) is 15.9. The number of rotatable bonds is 2. The summed E-state index contributed by atoms with van der Waals surface area (Å²) in [5.74, 6) is 1.55. The van der Waals surface area contributed by atoms with Gasteiger partial charge in [0.1, 0.15) is 24.4 Å². The van der Waals surface area contributed by atoms with E-state index in [1.807, 2.05) is 18.2 Å². The molecule has 0 radical (unpaired) electrons. The molecule has 4 aromatic carbocycles. The molecular weight excluding hydrogens is 469 g/mol. The molecule has 0 N–H and O–H groups in total. The van der Waals surface area contributed by atoms with Crippen molar-refractivity contribution in [3.63, 3.8) is 0 Å². The Bertz CT molecular complexity index is 1780. The van der Waals surface area contributed by atoms with Gasteiger partial charge in [0.15, 0.2) is 6.20 Å². The van der Waals surface area contributed by atoms with Gasteiger partial charge in [-0.05, 0) is 70.0 Å². The summed E-state index contributed by atoms with van der Waals surface area (Å²) in [4.78, 5) is 0. The van der Waals surface area contributed by atoms with Gasteiger partial charge in [0.2, 0.25) is 5.69 Å². The van der Waals surface area contributed by atoms with E-state index in [2.05, 4.69) is 84.5 Å². The molecule has 2 nitrogen and oxygen atoms in total. The number of halogens is 1. The van der Waals surface area contributed by atoms with Gasteiger partial charge in [-0.25, -0.2) is 8.96 Å². The highest BCUT2D eigenvalue weighted by atomic mass is 19.1. The van der Waals surface area contributed by atoms with E-state index in [9.17, 15) is 0 Å². The lowest BCUT2D eigenvalue weighted by Crippen LogP contribution is -2.32. The maximum Gasteiger partial charge on any atom is 0.228 e. The highest BCUT2D eigenvalue weighted by Crippen LogP contribution is 2.53. The molecule has 1 aliphatic rings. The van der Waals surface area contributed by atoms with Crippen molar-refractivity contribution in [3.8, 4) is 22.8 Å². The fourth-order valence-corrected chi connectivity index (χ4v) is 6.33. The number of hydrogen-bond donors (Lipinski definition) is 0. The molecule has 0 spiro atoms. The number of pyridine rings is 1. The van der Waals surface area contributed by atoms with E-state index in [4.69, 9.17) is 4.74 Å². The zero-order valence-corrected chi connectivity index (χ0v) is 23.8. The van der Waals surface area contributed by atoms with Gasteiger partial charge in [-0.1, -0.05) is 71.9 Å². The molecule has 0 amide bonds. The van der Waals surface area contributed by atoms with Crippen LogP contribution in [-0.2, 0) is 19.9 Å². The van der Waals surface area contributed by atoms with Gasteiger partial charge in [-0.3, -0.25) is 0 Å². The van der Waals surface area contributed by atoms with Crippen LogP contribution in [-0.4, -0.2) is 0 Å². The first-order valence-electron chi connectivity index (χ1n) is 13.6. The van der Waals surface area contributed by atoms with Crippen LogP contribution < -0.4 is 9.30 Å². The average Bonchev–Trinajstić information content (AvgIpc) is 2.81. The van der Waals surface area contributed by atoms with Gasteiger partial charge in [-0.2, -0.15) is 0 Å². The minimum atomic E-state index is -0.199. The molecule has 0 atom stereocenters. The number of aromatic nitrogens is 1. The van der Waals surface area contributed by atoms with Crippen molar-refractivity contribution in [2.75, 3.05) is 0 Å². The molecule has 3 heteroatoms. The van der Waals surface area contributed by atoms with Gasteiger partial charge >= 0.3 is 0 Å². The summed E-state index contributed by atoms with van der Waals surface area (Å²) >= 11 is 0. The van der Waals surface area contributed by atoms with Gasteiger partial charge < -0.3 is 4.74 Å². The van der Waals surface area contributed by atoms with E-state index in [1.165, 1.54) is 27.5 Å². The minimum absolute atomic E-state index is 0.0738. The molecule has 0 aliphatic carbocycles. The largest absolute Gasteiger partial charge is 0.455 e. The number of benzene rings is 4. The Morgan fingerprint density at radius 2 is 1.55 bits per heavy atom. The molecule has 194 valence electrons. The predicted molar refractivity (Wildman–Crippen MR) is 157 cm³/mol. The van der Waals surface area contributed by atoms with Gasteiger partial charge in [0.05, 0.1) is 10.9 Å². The standard InChI is InChI=1S/C35H37FNO/c1-20-25-16-21(18-34(2,3)4)12-13-23(25)26(19-35(5,6)7)33-29(20)32-31-24(14-15-37(32)8)30-22(17-28(31)38-33)10-9-11-27(30)36/h9-17H,18-19H2,1-8H3/q+1. The first-order chi connectivity index (χ1) is 17.8. The molecule has 2 heterocycles. The summed E-state index contributed by atoms with van der Waals surface area (Å²) in [5.41, 5.74) is 6.31. The van der Waals surface area contributed by atoms with E-state index in [0.29, 0.717) is 5.39 Å². The third-order valence-corrected chi connectivity index (χ3v) is 7.75. The Kier molecular flexibility index (Phi) is 5.41. The van der Waals surface area contributed by atoms with Crippen LogP contribution in [0, 0.1) is 23.6 Å². The second-order valence-electron chi connectivity index (χ2n) is 13.5. The quantitative estimate of drug-likeness (QED) is 0.168. The van der Waals surface area contributed by atoms with Crippen molar-refractivity contribution in [2.24, 2.45) is 17.9 Å². The molecule has 0 saturated heterocycles. The van der Waals surface area contributed by atoms with Crippen molar-refractivity contribution in [1.82, 2.24) is 0 Å². The first kappa shape index (κ1) is 24.9. The van der Waals surface area contributed by atoms with Crippen molar-refractivity contribution < 1.29 is 13.7 Å². The van der Waals surface area contributed by atoms with Crippen LogP contribution in [0.15, 0.2) is 54.7 Å². The number of nitrogens with zero attached hydrogens (tertiary/aromatic N) is 1. The topological polar surface area (TPSA) is 13.1 Å². The SMILES string of the molecule is Cc1c2c(c(CC(C)(C)C)c3ccc(CC(C)(C)C)cc13)Oc1cc3cccc(F)c3c3cc[n+](C)c-2c13. The second kappa shape index (κ2) is 8.27. The Hall–Kier alpha value is -3.46. The van der Waals surface area contributed by atoms with E-state index < -0.39 is 0 Å². The predicted octanol–water partition coefficient (Wildman–Crippen LogP) is 9.37. The lowest BCUT2D eigenvalue weighted by molar-refractivity contribution is -0.659. The van der Waals surface area contributed by atoms with Crippen LogP contribution in [0.4, 0.5) is 4.39 Å². The number of hydrogen-bond acceptors (Lipinski definition) is 1. The molecule has 1 aliphatic heterocycles. The second-order valence-corrected chi connectivity index (χ2v) is 13.5. The molecule has 0 saturated carbocycles. The fourth-order valence-electron chi connectivity index (χ4n) is 6.33. The summed E-state index contributed by atoms with van der Waals surface area (Å²) in [7, 11) is 2.09. The Morgan fingerprint density at radius 3 is 2.26 bits per heavy atom. The van der Waals surface area contributed by atoms with Crippen LogP contribution >= 0.6 is 0 Å². The van der Waals surface area contributed by atoms with Gasteiger partial charge in [0, 0.05) is 22.4 Å². The summed E-state index contributed by atoms with van der Waals surface area (Å²) in [6, 6.07) is 16.3. The molecule has 6 rings (SSSR count). The Balaban J connectivity index is 1.76. The normalized spacial score (nSPS) is 13.3. The lowest BCUT2D eigenvalue weighted by Gasteiger charge is -2.28. The molecule has 0 fully saturated rings.